The summed E-state index contributed by atoms with van der Waals surface area (Å²) in [6.07, 6.45) is 17.4. The van der Waals surface area contributed by atoms with Gasteiger partial charge in [0.1, 0.15) is 0 Å². The summed E-state index contributed by atoms with van der Waals surface area (Å²) in [7, 11) is 0. The van der Waals surface area contributed by atoms with E-state index < -0.39 is 0 Å². The minimum Gasteiger partial charge on any atom is -1.00 e. The molecule has 156 valence electrons. The SMILES string of the molecule is C=C[N+](CC)(CC)C(CCCCCCCCCCC)Cc1ccccc1.[Cl-]. The Hall–Kier alpha value is -0.790. The van der Waals surface area contributed by atoms with Gasteiger partial charge in [0.15, 0.2) is 0 Å². The molecule has 1 unspecified atom stereocenters. The second kappa shape index (κ2) is 16.2. The van der Waals surface area contributed by atoms with Crippen molar-refractivity contribution in [3.63, 3.8) is 0 Å². The van der Waals surface area contributed by atoms with Crippen molar-refractivity contribution in [3.05, 3.63) is 48.7 Å². The molecule has 0 heterocycles. The highest BCUT2D eigenvalue weighted by atomic mass is 35.5. The molecule has 0 aliphatic carbocycles. The molecule has 0 aliphatic rings. The van der Waals surface area contributed by atoms with Crippen LogP contribution in [0.1, 0.15) is 90.5 Å². The van der Waals surface area contributed by atoms with Crippen molar-refractivity contribution < 1.29 is 16.9 Å². The molecule has 0 radical (unpaired) electrons. The number of rotatable bonds is 16. The fraction of sp³-hybridized carbons (Fsp3) is 0.680. The molecule has 0 N–H and O–H groups in total. The molecule has 1 aromatic carbocycles. The molecule has 1 nitrogen and oxygen atoms in total. The fourth-order valence-electron chi connectivity index (χ4n) is 4.27. The number of hydrogen-bond donors (Lipinski definition) is 0. The Bertz CT molecular complexity index is 453. The van der Waals surface area contributed by atoms with Gasteiger partial charge >= 0.3 is 0 Å². The van der Waals surface area contributed by atoms with Crippen LogP contribution in [0.4, 0.5) is 0 Å². The smallest absolute Gasteiger partial charge is 0.0972 e. The third-order valence-electron chi connectivity index (χ3n) is 6.22. The van der Waals surface area contributed by atoms with E-state index in [2.05, 4.69) is 63.9 Å². The molecule has 0 amide bonds. The molecule has 1 atom stereocenters. The maximum atomic E-state index is 4.20. The minimum atomic E-state index is 0. The van der Waals surface area contributed by atoms with E-state index in [0.29, 0.717) is 6.04 Å². The lowest BCUT2D eigenvalue weighted by Gasteiger charge is -2.40. The molecule has 0 aliphatic heterocycles. The van der Waals surface area contributed by atoms with Crippen molar-refractivity contribution in [1.82, 2.24) is 0 Å². The highest BCUT2D eigenvalue weighted by Gasteiger charge is 2.31. The van der Waals surface area contributed by atoms with Gasteiger partial charge in [-0.15, -0.1) is 0 Å². The monoisotopic (exact) mass is 393 g/mol. The summed E-state index contributed by atoms with van der Waals surface area (Å²) in [4.78, 5) is 0. The van der Waals surface area contributed by atoms with E-state index in [-0.39, 0.29) is 12.4 Å². The zero-order valence-corrected chi connectivity index (χ0v) is 19.0. The molecule has 0 fully saturated rings. The Labute approximate surface area is 176 Å². The Kier molecular flexibility index (Phi) is 15.7. The van der Waals surface area contributed by atoms with Crippen molar-refractivity contribution in [2.24, 2.45) is 0 Å². The van der Waals surface area contributed by atoms with Crippen LogP contribution in [0.2, 0.25) is 0 Å². The summed E-state index contributed by atoms with van der Waals surface area (Å²) in [5.74, 6) is 0. The van der Waals surface area contributed by atoms with E-state index in [1.165, 1.54) is 76.2 Å². The summed E-state index contributed by atoms with van der Waals surface area (Å²) in [6, 6.07) is 11.7. The zero-order valence-electron chi connectivity index (χ0n) is 18.3. The van der Waals surface area contributed by atoms with E-state index in [1.54, 1.807) is 0 Å². The Morgan fingerprint density at radius 1 is 0.815 bits per heavy atom. The molecule has 1 aromatic rings. The first kappa shape index (κ1) is 26.2. The average molecular weight is 394 g/mol. The van der Waals surface area contributed by atoms with Crippen molar-refractivity contribution in [3.8, 4) is 0 Å². The maximum absolute atomic E-state index is 4.20. The number of hydrogen-bond acceptors (Lipinski definition) is 0. The van der Waals surface area contributed by atoms with E-state index >= 15 is 0 Å². The lowest BCUT2D eigenvalue weighted by molar-refractivity contribution is -0.901. The highest BCUT2D eigenvalue weighted by molar-refractivity contribution is 5.15. The molecule has 1 rings (SSSR count). The average Bonchev–Trinajstić information content (AvgIpc) is 2.69. The molecular weight excluding hydrogens is 350 g/mol. The van der Waals surface area contributed by atoms with Crippen molar-refractivity contribution >= 4 is 0 Å². The number of nitrogens with zero attached hydrogens (tertiary/aromatic N) is 1. The summed E-state index contributed by atoms with van der Waals surface area (Å²) in [5.41, 5.74) is 1.47. The van der Waals surface area contributed by atoms with Gasteiger partial charge in [-0.2, -0.15) is 0 Å². The lowest BCUT2D eigenvalue weighted by Crippen LogP contribution is -3.00. The number of halogens is 1. The Balaban J connectivity index is 0.00000676. The van der Waals surface area contributed by atoms with Crippen molar-refractivity contribution in [2.75, 3.05) is 13.1 Å². The number of quaternary nitrogens is 1. The summed E-state index contributed by atoms with van der Waals surface area (Å²) in [5, 5.41) is 0. The molecule has 0 spiro atoms. The summed E-state index contributed by atoms with van der Waals surface area (Å²) < 4.78 is 1.05. The van der Waals surface area contributed by atoms with Gasteiger partial charge in [0.2, 0.25) is 0 Å². The lowest BCUT2D eigenvalue weighted by atomic mass is 9.96. The van der Waals surface area contributed by atoms with E-state index in [1.807, 2.05) is 0 Å². The van der Waals surface area contributed by atoms with Gasteiger partial charge in [-0.1, -0.05) is 88.6 Å². The van der Waals surface area contributed by atoms with Gasteiger partial charge in [0, 0.05) is 12.8 Å². The topological polar surface area (TPSA) is 0 Å². The second-order valence-electron chi connectivity index (χ2n) is 7.88. The van der Waals surface area contributed by atoms with Crippen LogP contribution in [0.3, 0.4) is 0 Å². The quantitative estimate of drug-likeness (QED) is 0.286. The number of unbranched alkanes of at least 4 members (excludes halogenated alkanes) is 8. The van der Waals surface area contributed by atoms with Crippen LogP contribution >= 0.6 is 0 Å². The number of benzene rings is 1. The van der Waals surface area contributed by atoms with Crippen LogP contribution in [0.5, 0.6) is 0 Å². The van der Waals surface area contributed by atoms with Gasteiger partial charge in [-0.25, -0.2) is 0 Å². The maximum Gasteiger partial charge on any atom is 0.0972 e. The molecule has 0 bridgehead atoms. The minimum absolute atomic E-state index is 0. The molecule has 0 saturated heterocycles. The fourth-order valence-corrected chi connectivity index (χ4v) is 4.27. The predicted molar refractivity (Wildman–Crippen MR) is 117 cm³/mol. The standard InChI is InChI=1S/C25H44N.ClH/c1-5-9-10-11-12-13-14-15-19-22-25(26(6-2,7-3)8-4)23-24-20-17-16-18-21-24;/h6,16-18,20-21,25H,2,5,7-15,19,22-23H2,1,3-4H3;1H/q+1;/p-1. The normalized spacial score (nSPS) is 12.4. The highest BCUT2D eigenvalue weighted by Crippen LogP contribution is 2.24. The van der Waals surface area contributed by atoms with Gasteiger partial charge in [0.25, 0.3) is 0 Å². The first-order chi connectivity index (χ1) is 12.7. The summed E-state index contributed by atoms with van der Waals surface area (Å²) in [6.45, 7) is 13.4. The van der Waals surface area contributed by atoms with Gasteiger partial charge in [-0.05, 0) is 32.4 Å². The predicted octanol–water partition coefficient (Wildman–Crippen LogP) is 4.52. The molecule has 0 saturated carbocycles. The molecule has 2 heteroatoms. The molecule has 27 heavy (non-hydrogen) atoms. The summed E-state index contributed by atoms with van der Waals surface area (Å²) >= 11 is 0. The van der Waals surface area contributed by atoms with Crippen molar-refractivity contribution in [1.29, 1.82) is 0 Å². The van der Waals surface area contributed by atoms with Crippen LogP contribution in [-0.4, -0.2) is 23.6 Å². The third-order valence-corrected chi connectivity index (χ3v) is 6.22. The zero-order chi connectivity index (χ0) is 19.1. The van der Waals surface area contributed by atoms with Crippen LogP contribution < -0.4 is 12.4 Å². The molecule has 0 aromatic heterocycles. The first-order valence-corrected chi connectivity index (χ1v) is 11.3. The van der Waals surface area contributed by atoms with Crippen LogP contribution in [0.15, 0.2) is 43.1 Å². The van der Waals surface area contributed by atoms with Crippen molar-refractivity contribution in [2.45, 2.75) is 97.4 Å². The van der Waals surface area contributed by atoms with Crippen LogP contribution in [0, 0.1) is 0 Å². The second-order valence-corrected chi connectivity index (χ2v) is 7.88. The van der Waals surface area contributed by atoms with Gasteiger partial charge < -0.3 is 12.4 Å². The third kappa shape index (κ3) is 9.81. The first-order valence-electron chi connectivity index (χ1n) is 11.3. The van der Waals surface area contributed by atoms with Gasteiger partial charge in [-0.3, -0.25) is 4.48 Å². The Morgan fingerprint density at radius 2 is 1.33 bits per heavy atom. The van der Waals surface area contributed by atoms with Crippen LogP contribution in [0.25, 0.3) is 0 Å². The van der Waals surface area contributed by atoms with E-state index in [4.69, 9.17) is 0 Å². The van der Waals surface area contributed by atoms with Crippen LogP contribution in [-0.2, 0) is 6.42 Å². The molecular formula is C25H44ClN. The van der Waals surface area contributed by atoms with E-state index in [0.717, 1.165) is 17.6 Å². The van der Waals surface area contributed by atoms with E-state index in [9.17, 15) is 0 Å². The largest absolute Gasteiger partial charge is 1.00 e. The Morgan fingerprint density at radius 3 is 1.81 bits per heavy atom. The van der Waals surface area contributed by atoms with Gasteiger partial charge in [0.05, 0.1) is 25.3 Å². The number of likely N-dealkylation sites (N-methyl/N-ethyl adjacent to an activating group) is 1.